The minimum absolute atomic E-state index is 0. The average Bonchev–Trinajstić information content (AvgIpc) is 2.49. The monoisotopic (exact) mass is 333 g/mol. The zero-order valence-corrected chi connectivity index (χ0v) is 15.1. The Hall–Kier alpha value is -0.810. The van der Waals surface area contributed by atoms with Crippen LogP contribution in [0.2, 0.25) is 0 Å². The van der Waals surface area contributed by atoms with Crippen molar-refractivity contribution in [2.75, 3.05) is 26.7 Å². The highest BCUT2D eigenvalue weighted by Gasteiger charge is 2.42. The predicted octanol–water partition coefficient (Wildman–Crippen LogP) is 2.10. The number of rotatable bonds is 8. The summed E-state index contributed by atoms with van der Waals surface area (Å²) in [5, 5.41) is 6.12. The van der Waals surface area contributed by atoms with Crippen LogP contribution in [-0.2, 0) is 9.59 Å². The van der Waals surface area contributed by atoms with Crippen LogP contribution in [0.1, 0.15) is 58.8 Å². The van der Waals surface area contributed by atoms with E-state index in [0.717, 1.165) is 45.1 Å². The van der Waals surface area contributed by atoms with E-state index in [4.69, 9.17) is 0 Å². The topological polar surface area (TPSA) is 61.4 Å². The molecule has 5 nitrogen and oxygen atoms in total. The molecular formula is C16H32ClN3O2. The third kappa shape index (κ3) is 5.76. The third-order valence-electron chi connectivity index (χ3n) is 4.38. The number of nitrogens with one attached hydrogen (secondary N) is 2. The Labute approximate surface area is 141 Å². The maximum atomic E-state index is 12.8. The molecule has 0 atom stereocenters. The molecule has 130 valence electrons. The molecule has 2 amide bonds. The first-order valence-electron chi connectivity index (χ1n) is 8.34. The first-order chi connectivity index (χ1) is 10.1. The van der Waals surface area contributed by atoms with Gasteiger partial charge in [0.1, 0.15) is 5.54 Å². The van der Waals surface area contributed by atoms with Gasteiger partial charge in [-0.1, -0.05) is 19.3 Å². The molecule has 2 N–H and O–H groups in total. The van der Waals surface area contributed by atoms with Crippen LogP contribution in [0.15, 0.2) is 0 Å². The summed E-state index contributed by atoms with van der Waals surface area (Å²) in [6.07, 6.45) is 6.03. The summed E-state index contributed by atoms with van der Waals surface area (Å²) in [5.41, 5.74) is -0.652. The fourth-order valence-corrected chi connectivity index (χ4v) is 3.12. The number of likely N-dealkylation sites (N-methyl/N-ethyl adjacent to an activating group) is 1. The van der Waals surface area contributed by atoms with Gasteiger partial charge in [0.2, 0.25) is 11.8 Å². The van der Waals surface area contributed by atoms with Gasteiger partial charge in [0, 0.05) is 19.5 Å². The fourth-order valence-electron chi connectivity index (χ4n) is 3.12. The molecule has 1 aliphatic carbocycles. The summed E-state index contributed by atoms with van der Waals surface area (Å²) in [4.78, 5) is 26.9. The van der Waals surface area contributed by atoms with Crippen LogP contribution >= 0.6 is 12.4 Å². The first kappa shape index (κ1) is 21.2. The molecule has 0 heterocycles. The minimum atomic E-state index is -0.652. The zero-order valence-electron chi connectivity index (χ0n) is 14.2. The van der Waals surface area contributed by atoms with Gasteiger partial charge < -0.3 is 15.5 Å². The van der Waals surface area contributed by atoms with E-state index < -0.39 is 5.54 Å². The molecule has 6 heteroatoms. The molecule has 0 aromatic rings. The van der Waals surface area contributed by atoms with E-state index in [1.165, 1.54) is 0 Å². The number of carbonyl (C=O) groups excluding carboxylic acids is 2. The Kier molecular flexibility index (Phi) is 10.4. The highest BCUT2D eigenvalue weighted by atomic mass is 35.5. The molecule has 0 saturated heterocycles. The molecule has 0 unspecified atom stereocenters. The first-order valence-corrected chi connectivity index (χ1v) is 8.34. The lowest BCUT2D eigenvalue weighted by molar-refractivity contribution is -0.143. The lowest BCUT2D eigenvalue weighted by Crippen LogP contribution is -2.60. The van der Waals surface area contributed by atoms with Crippen molar-refractivity contribution in [3.63, 3.8) is 0 Å². The molecule has 0 aromatic carbocycles. The van der Waals surface area contributed by atoms with Crippen LogP contribution in [-0.4, -0.2) is 48.9 Å². The second-order valence-electron chi connectivity index (χ2n) is 5.88. The van der Waals surface area contributed by atoms with Crippen molar-refractivity contribution in [1.82, 2.24) is 15.5 Å². The van der Waals surface area contributed by atoms with Crippen LogP contribution in [0.25, 0.3) is 0 Å². The van der Waals surface area contributed by atoms with Crippen LogP contribution < -0.4 is 10.6 Å². The van der Waals surface area contributed by atoms with E-state index in [-0.39, 0.29) is 24.2 Å². The van der Waals surface area contributed by atoms with Crippen molar-refractivity contribution in [3.8, 4) is 0 Å². The SMILES string of the molecule is CCN(CC)C(=O)C1(NC(=O)CCCNC)CCCCC1.Cl. The molecule has 1 fully saturated rings. The Morgan fingerprint density at radius 3 is 2.18 bits per heavy atom. The molecule has 1 saturated carbocycles. The van der Waals surface area contributed by atoms with Crippen molar-refractivity contribution in [2.24, 2.45) is 0 Å². The number of hydrogen-bond acceptors (Lipinski definition) is 3. The van der Waals surface area contributed by atoms with E-state index in [9.17, 15) is 9.59 Å². The normalized spacial score (nSPS) is 16.5. The van der Waals surface area contributed by atoms with Crippen LogP contribution in [0.3, 0.4) is 0 Å². The molecule has 22 heavy (non-hydrogen) atoms. The van der Waals surface area contributed by atoms with Crippen molar-refractivity contribution < 1.29 is 9.59 Å². The van der Waals surface area contributed by atoms with Crippen molar-refractivity contribution in [1.29, 1.82) is 0 Å². The quantitative estimate of drug-likeness (QED) is 0.669. The van der Waals surface area contributed by atoms with Crippen molar-refractivity contribution >= 4 is 24.2 Å². The number of amides is 2. The van der Waals surface area contributed by atoms with Gasteiger partial charge in [-0.25, -0.2) is 0 Å². The van der Waals surface area contributed by atoms with Crippen LogP contribution in [0.5, 0.6) is 0 Å². The van der Waals surface area contributed by atoms with Crippen LogP contribution in [0, 0.1) is 0 Å². The van der Waals surface area contributed by atoms with E-state index in [0.29, 0.717) is 19.5 Å². The number of carbonyl (C=O) groups is 2. The minimum Gasteiger partial charge on any atom is -0.342 e. The summed E-state index contributed by atoms with van der Waals surface area (Å²) >= 11 is 0. The Bertz CT molecular complexity index is 340. The molecule has 0 aliphatic heterocycles. The summed E-state index contributed by atoms with van der Waals surface area (Å²) in [7, 11) is 1.88. The third-order valence-corrected chi connectivity index (χ3v) is 4.38. The molecule has 0 aromatic heterocycles. The molecule has 0 spiro atoms. The second kappa shape index (κ2) is 10.8. The lowest BCUT2D eigenvalue weighted by Gasteiger charge is -2.40. The Morgan fingerprint density at radius 2 is 1.68 bits per heavy atom. The summed E-state index contributed by atoms with van der Waals surface area (Å²) in [6.45, 7) is 6.21. The summed E-state index contributed by atoms with van der Waals surface area (Å²) < 4.78 is 0. The largest absolute Gasteiger partial charge is 0.342 e. The highest BCUT2D eigenvalue weighted by molar-refractivity contribution is 5.91. The van der Waals surface area contributed by atoms with Gasteiger partial charge in [0.05, 0.1) is 0 Å². The fraction of sp³-hybridized carbons (Fsp3) is 0.875. The molecular weight excluding hydrogens is 302 g/mol. The predicted molar refractivity (Wildman–Crippen MR) is 92.3 cm³/mol. The van der Waals surface area contributed by atoms with Crippen molar-refractivity contribution in [2.45, 2.75) is 64.3 Å². The van der Waals surface area contributed by atoms with E-state index in [2.05, 4.69) is 10.6 Å². The van der Waals surface area contributed by atoms with Gasteiger partial charge in [-0.15, -0.1) is 12.4 Å². The van der Waals surface area contributed by atoms with Gasteiger partial charge in [0.15, 0.2) is 0 Å². The Balaban J connectivity index is 0.00000441. The number of halogens is 1. The molecule has 1 rings (SSSR count). The Morgan fingerprint density at radius 1 is 1.09 bits per heavy atom. The zero-order chi connectivity index (χ0) is 15.7. The van der Waals surface area contributed by atoms with Gasteiger partial charge in [-0.3, -0.25) is 9.59 Å². The standard InChI is InChI=1S/C16H31N3O2.ClH/c1-4-19(5-2)15(21)16(11-7-6-8-12-16)18-14(20)10-9-13-17-3;/h17H,4-13H2,1-3H3,(H,18,20);1H. The number of nitrogens with zero attached hydrogens (tertiary/aromatic N) is 1. The maximum Gasteiger partial charge on any atom is 0.248 e. The lowest BCUT2D eigenvalue weighted by atomic mass is 9.80. The van der Waals surface area contributed by atoms with Gasteiger partial charge in [0.25, 0.3) is 0 Å². The maximum absolute atomic E-state index is 12.8. The van der Waals surface area contributed by atoms with Gasteiger partial charge >= 0.3 is 0 Å². The van der Waals surface area contributed by atoms with Gasteiger partial charge in [-0.05, 0) is 46.7 Å². The smallest absolute Gasteiger partial charge is 0.248 e. The average molecular weight is 334 g/mol. The van der Waals surface area contributed by atoms with E-state index >= 15 is 0 Å². The van der Waals surface area contributed by atoms with Crippen molar-refractivity contribution in [3.05, 3.63) is 0 Å². The summed E-state index contributed by atoms with van der Waals surface area (Å²) in [5.74, 6) is 0.113. The molecule has 0 radical (unpaired) electrons. The summed E-state index contributed by atoms with van der Waals surface area (Å²) in [6, 6.07) is 0. The van der Waals surface area contributed by atoms with E-state index in [1.54, 1.807) is 0 Å². The van der Waals surface area contributed by atoms with Gasteiger partial charge in [-0.2, -0.15) is 0 Å². The second-order valence-corrected chi connectivity index (χ2v) is 5.88. The van der Waals surface area contributed by atoms with Crippen LogP contribution in [0.4, 0.5) is 0 Å². The highest BCUT2D eigenvalue weighted by Crippen LogP contribution is 2.30. The number of hydrogen-bond donors (Lipinski definition) is 2. The molecule has 0 bridgehead atoms. The molecule has 1 aliphatic rings. The van der Waals surface area contributed by atoms with E-state index in [1.807, 2.05) is 25.8 Å².